The molecule has 6 nitrogen and oxygen atoms in total. The van der Waals surface area contributed by atoms with E-state index in [9.17, 15) is 14.0 Å². The van der Waals surface area contributed by atoms with Gasteiger partial charge in [0.15, 0.2) is 5.82 Å². The minimum absolute atomic E-state index is 0.224. The quantitative estimate of drug-likeness (QED) is 0.572. The number of aryl methyl sites for hydroxylation is 2. The molecule has 0 bridgehead atoms. The molecule has 0 unspecified atom stereocenters. The average Bonchev–Trinajstić information content (AvgIpc) is 2.99. The highest BCUT2D eigenvalue weighted by Crippen LogP contribution is 2.21. The van der Waals surface area contributed by atoms with Gasteiger partial charge in [-0.2, -0.15) is 5.10 Å². The van der Waals surface area contributed by atoms with Crippen LogP contribution in [0.3, 0.4) is 0 Å². The number of nitrogens with zero attached hydrogens (tertiary/aromatic N) is 2. The number of hydrogen-bond donors (Lipinski definition) is 2. The second kappa shape index (κ2) is 6.77. The maximum absolute atomic E-state index is 14.6. The number of anilines is 1. The Morgan fingerprint density at radius 1 is 1.11 bits per heavy atom. The average molecular weight is 376 g/mol. The number of carbonyl (C=O) groups excluding carboxylic acids is 1. The number of para-hydroxylation sites is 1. The summed E-state index contributed by atoms with van der Waals surface area (Å²) >= 11 is 0. The van der Waals surface area contributed by atoms with Gasteiger partial charge in [-0.3, -0.25) is 9.59 Å². The summed E-state index contributed by atoms with van der Waals surface area (Å²) in [5.74, 6) is -1.000. The Morgan fingerprint density at radius 2 is 1.89 bits per heavy atom. The molecule has 7 heteroatoms. The molecule has 0 aliphatic rings. The molecule has 0 saturated carbocycles. The molecule has 2 aromatic carbocycles. The van der Waals surface area contributed by atoms with Gasteiger partial charge >= 0.3 is 0 Å². The highest BCUT2D eigenvalue weighted by molar-refractivity contribution is 6.12. The van der Waals surface area contributed by atoms with E-state index in [2.05, 4.69) is 15.4 Å². The molecule has 4 rings (SSSR count). The minimum Gasteiger partial charge on any atom is -0.322 e. The van der Waals surface area contributed by atoms with Gasteiger partial charge in [-0.25, -0.2) is 9.07 Å². The summed E-state index contributed by atoms with van der Waals surface area (Å²) in [6.45, 7) is 3.68. The number of aromatic amines is 1. The van der Waals surface area contributed by atoms with Crippen molar-refractivity contribution >= 4 is 22.5 Å². The summed E-state index contributed by atoms with van der Waals surface area (Å²) in [6, 6.07) is 14.5. The number of H-pyrrole nitrogens is 1. The third kappa shape index (κ3) is 3.18. The van der Waals surface area contributed by atoms with Crippen LogP contribution < -0.4 is 10.9 Å². The number of carbonyl (C=O) groups is 1. The first-order chi connectivity index (χ1) is 13.4. The van der Waals surface area contributed by atoms with E-state index >= 15 is 0 Å². The van der Waals surface area contributed by atoms with Crippen molar-refractivity contribution in [2.45, 2.75) is 13.8 Å². The molecule has 0 saturated heterocycles. The Morgan fingerprint density at radius 3 is 2.61 bits per heavy atom. The fourth-order valence-corrected chi connectivity index (χ4v) is 3.22. The van der Waals surface area contributed by atoms with E-state index in [1.807, 2.05) is 19.9 Å². The summed E-state index contributed by atoms with van der Waals surface area (Å²) in [4.78, 5) is 27.2. The molecule has 28 heavy (non-hydrogen) atoms. The van der Waals surface area contributed by atoms with E-state index in [1.165, 1.54) is 16.8 Å². The van der Waals surface area contributed by atoms with Crippen LogP contribution in [0, 0.1) is 19.7 Å². The van der Waals surface area contributed by atoms with Crippen LogP contribution in [0.25, 0.3) is 16.6 Å². The van der Waals surface area contributed by atoms with Crippen molar-refractivity contribution in [2.75, 3.05) is 5.32 Å². The van der Waals surface area contributed by atoms with Gasteiger partial charge in [0.25, 0.3) is 5.91 Å². The topological polar surface area (TPSA) is 79.8 Å². The predicted molar refractivity (Wildman–Crippen MR) is 106 cm³/mol. The molecule has 0 atom stereocenters. The maximum atomic E-state index is 14.6. The number of amides is 1. The Balaban J connectivity index is 1.67. The molecular formula is C21H17FN4O2. The predicted octanol–water partition coefficient (Wildman–Crippen LogP) is 3.72. The SMILES string of the molecule is Cc1cc(C)n(-c2ccc(NC(=O)c3cc(=O)[nH]c4ccccc34)cc2F)n1. The molecule has 2 heterocycles. The summed E-state index contributed by atoms with van der Waals surface area (Å²) in [5.41, 5.74) is 2.59. The number of benzene rings is 2. The van der Waals surface area contributed by atoms with Crippen LogP contribution in [0.4, 0.5) is 10.1 Å². The van der Waals surface area contributed by atoms with E-state index in [4.69, 9.17) is 0 Å². The molecule has 0 fully saturated rings. The summed E-state index contributed by atoms with van der Waals surface area (Å²) in [7, 11) is 0. The molecule has 0 aliphatic heterocycles. The van der Waals surface area contributed by atoms with Crippen LogP contribution in [0.15, 0.2) is 59.4 Å². The highest BCUT2D eigenvalue weighted by atomic mass is 19.1. The van der Waals surface area contributed by atoms with Gasteiger partial charge in [0, 0.05) is 28.4 Å². The largest absolute Gasteiger partial charge is 0.322 e. The molecule has 0 spiro atoms. The van der Waals surface area contributed by atoms with Crippen LogP contribution in [-0.2, 0) is 0 Å². The Labute approximate surface area is 159 Å². The second-order valence-electron chi connectivity index (χ2n) is 6.55. The number of fused-ring (bicyclic) bond motifs is 1. The Hall–Kier alpha value is -3.74. The number of rotatable bonds is 3. The zero-order valence-corrected chi connectivity index (χ0v) is 15.3. The van der Waals surface area contributed by atoms with Crippen molar-refractivity contribution in [2.24, 2.45) is 0 Å². The maximum Gasteiger partial charge on any atom is 0.256 e. The summed E-state index contributed by atoms with van der Waals surface area (Å²) < 4.78 is 16.1. The molecule has 1 amide bonds. The molecule has 0 aliphatic carbocycles. The van der Waals surface area contributed by atoms with Crippen LogP contribution in [0.2, 0.25) is 0 Å². The van der Waals surface area contributed by atoms with E-state index in [0.717, 1.165) is 11.4 Å². The molecule has 4 aromatic rings. The first-order valence-corrected chi connectivity index (χ1v) is 8.69. The molecular weight excluding hydrogens is 359 g/mol. The normalized spacial score (nSPS) is 11.0. The lowest BCUT2D eigenvalue weighted by Crippen LogP contribution is -2.17. The van der Waals surface area contributed by atoms with Crippen molar-refractivity contribution in [3.05, 3.63) is 87.7 Å². The fraction of sp³-hybridized carbons (Fsp3) is 0.0952. The standard InChI is InChI=1S/C21H17FN4O2/c1-12-9-13(2)26(25-12)19-8-7-14(10-17(19)22)23-21(28)16-11-20(27)24-18-6-4-3-5-15(16)18/h3-11H,1-2H3,(H,23,28)(H,24,27). The second-order valence-corrected chi connectivity index (χ2v) is 6.55. The van der Waals surface area contributed by atoms with E-state index in [1.54, 1.807) is 36.4 Å². The first kappa shape index (κ1) is 17.7. The Kier molecular flexibility index (Phi) is 4.27. The minimum atomic E-state index is -0.514. The lowest BCUT2D eigenvalue weighted by molar-refractivity contribution is 0.102. The zero-order valence-electron chi connectivity index (χ0n) is 15.3. The van der Waals surface area contributed by atoms with E-state index in [-0.39, 0.29) is 16.8 Å². The highest BCUT2D eigenvalue weighted by Gasteiger charge is 2.14. The number of halogens is 1. The van der Waals surface area contributed by atoms with E-state index in [0.29, 0.717) is 16.6 Å². The lowest BCUT2D eigenvalue weighted by Gasteiger charge is -2.10. The van der Waals surface area contributed by atoms with Crippen LogP contribution in [-0.4, -0.2) is 20.7 Å². The monoisotopic (exact) mass is 376 g/mol. The first-order valence-electron chi connectivity index (χ1n) is 8.69. The zero-order chi connectivity index (χ0) is 19.8. The van der Waals surface area contributed by atoms with Crippen molar-refractivity contribution < 1.29 is 9.18 Å². The van der Waals surface area contributed by atoms with Gasteiger partial charge in [-0.1, -0.05) is 18.2 Å². The summed E-state index contributed by atoms with van der Waals surface area (Å²) in [5, 5.41) is 7.54. The molecule has 2 N–H and O–H groups in total. The number of hydrogen-bond acceptors (Lipinski definition) is 3. The Bertz CT molecular complexity index is 1270. The van der Waals surface area contributed by atoms with Crippen molar-refractivity contribution in [3.63, 3.8) is 0 Å². The van der Waals surface area contributed by atoms with Crippen molar-refractivity contribution in [3.8, 4) is 5.69 Å². The van der Waals surface area contributed by atoms with Gasteiger partial charge in [0.1, 0.15) is 5.69 Å². The third-order valence-electron chi connectivity index (χ3n) is 4.44. The van der Waals surface area contributed by atoms with Gasteiger partial charge in [-0.15, -0.1) is 0 Å². The van der Waals surface area contributed by atoms with Crippen molar-refractivity contribution in [1.29, 1.82) is 0 Å². The number of pyridine rings is 1. The summed E-state index contributed by atoms with van der Waals surface area (Å²) in [6.07, 6.45) is 0. The van der Waals surface area contributed by atoms with Crippen LogP contribution in [0.5, 0.6) is 0 Å². The van der Waals surface area contributed by atoms with Gasteiger partial charge in [0.2, 0.25) is 5.56 Å². The van der Waals surface area contributed by atoms with Gasteiger partial charge < -0.3 is 10.3 Å². The molecule has 0 radical (unpaired) electrons. The van der Waals surface area contributed by atoms with Gasteiger partial charge in [-0.05, 0) is 44.2 Å². The number of aromatic nitrogens is 3. The van der Waals surface area contributed by atoms with Crippen LogP contribution in [0.1, 0.15) is 21.7 Å². The fourth-order valence-electron chi connectivity index (χ4n) is 3.22. The molecule has 140 valence electrons. The number of nitrogens with one attached hydrogen (secondary N) is 2. The lowest BCUT2D eigenvalue weighted by atomic mass is 10.1. The van der Waals surface area contributed by atoms with Crippen LogP contribution >= 0.6 is 0 Å². The molecule has 2 aromatic heterocycles. The van der Waals surface area contributed by atoms with Gasteiger partial charge in [0.05, 0.1) is 11.3 Å². The third-order valence-corrected chi connectivity index (χ3v) is 4.44. The van der Waals surface area contributed by atoms with Crippen molar-refractivity contribution in [1.82, 2.24) is 14.8 Å². The van der Waals surface area contributed by atoms with E-state index < -0.39 is 11.7 Å². The smallest absolute Gasteiger partial charge is 0.256 e.